The molecule has 56 heavy (non-hydrogen) atoms. The lowest BCUT2D eigenvalue weighted by molar-refractivity contribution is 0.593. The molecule has 1 aliphatic heterocycles. The van der Waals surface area contributed by atoms with E-state index < -0.39 is 7.14 Å². The van der Waals surface area contributed by atoms with E-state index in [2.05, 4.69) is 168 Å². The molecule has 0 aliphatic carbocycles. The van der Waals surface area contributed by atoms with E-state index in [0.717, 1.165) is 80.7 Å². The van der Waals surface area contributed by atoms with E-state index in [9.17, 15) is 0 Å². The summed E-state index contributed by atoms with van der Waals surface area (Å²) in [4.78, 5) is 9.02. The number of hydrogen-bond acceptors (Lipinski definition) is 5. The van der Waals surface area contributed by atoms with Crippen molar-refractivity contribution in [2.75, 3.05) is 9.80 Å². The molecule has 0 atom stereocenters. The summed E-state index contributed by atoms with van der Waals surface area (Å²) >= 11 is 3.50. The van der Waals surface area contributed by atoms with E-state index in [1.165, 1.54) is 0 Å². The van der Waals surface area contributed by atoms with Gasteiger partial charge >= 0.3 is 0 Å². The van der Waals surface area contributed by atoms with Crippen LogP contribution in [0.2, 0.25) is 0 Å². The Bertz CT molecular complexity index is 2550. The molecular formula is C50H35N2OPS2. The molecule has 0 fully saturated rings. The molecule has 0 spiro atoms. The molecular weight excluding hydrogens is 740 g/mol. The summed E-state index contributed by atoms with van der Waals surface area (Å²) in [6.45, 7) is 0. The first kappa shape index (κ1) is 34.3. The maximum absolute atomic E-state index is 15.7. The number of nitrogens with zero attached hydrogens (tertiary/aromatic N) is 2. The zero-order chi connectivity index (χ0) is 37.5. The largest absolute Gasteiger partial charge is 0.311 e. The summed E-state index contributed by atoms with van der Waals surface area (Å²) in [5.41, 5.74) is 8.80. The number of thiophene rings is 2. The average Bonchev–Trinajstić information content (AvgIpc) is 3.97. The van der Waals surface area contributed by atoms with Crippen LogP contribution in [0.4, 0.5) is 34.1 Å². The third-order valence-corrected chi connectivity index (χ3v) is 16.2. The van der Waals surface area contributed by atoms with Crippen molar-refractivity contribution in [1.29, 1.82) is 0 Å². The molecule has 0 amide bonds. The number of anilines is 6. The van der Waals surface area contributed by atoms with Crippen LogP contribution in [0.1, 0.15) is 0 Å². The summed E-state index contributed by atoms with van der Waals surface area (Å²) in [5.74, 6) is 0. The maximum Gasteiger partial charge on any atom is 0.174 e. The van der Waals surface area contributed by atoms with Gasteiger partial charge in [-0.3, -0.25) is 0 Å². The smallest absolute Gasteiger partial charge is 0.174 e. The molecule has 3 nitrogen and oxygen atoms in total. The normalized spacial score (nSPS) is 12.5. The summed E-state index contributed by atoms with van der Waals surface area (Å²) in [5, 5.41) is 2.78. The van der Waals surface area contributed by atoms with Crippen molar-refractivity contribution >= 4 is 79.9 Å². The molecule has 0 saturated heterocycles. The highest BCUT2D eigenvalue weighted by molar-refractivity contribution is 7.87. The molecule has 0 N–H and O–H groups in total. The van der Waals surface area contributed by atoms with Crippen molar-refractivity contribution in [3.63, 3.8) is 0 Å². The van der Waals surface area contributed by atoms with Gasteiger partial charge in [-0.05, 0) is 96.1 Å². The van der Waals surface area contributed by atoms with Crippen LogP contribution in [0.3, 0.4) is 0 Å². The number of benzene rings is 7. The molecule has 0 saturated carbocycles. The third kappa shape index (κ3) is 6.02. The Labute approximate surface area is 335 Å². The molecule has 1 aliphatic rings. The first-order valence-corrected chi connectivity index (χ1v) is 22.0. The first-order chi connectivity index (χ1) is 27.6. The van der Waals surface area contributed by atoms with E-state index in [1.807, 2.05) is 54.6 Å². The SMILES string of the molecule is O=P1(c2ccccc2)c2cc(-c3ccc(N(c4ccccc4)c4ccccc4)cc3)sc2-c2sc(-c3ccc(N(c4ccccc4)c4ccccc4)cc3)cc21. The lowest BCUT2D eigenvalue weighted by Crippen LogP contribution is -2.19. The van der Waals surface area contributed by atoms with Gasteiger partial charge in [0.2, 0.25) is 0 Å². The van der Waals surface area contributed by atoms with Gasteiger partial charge in [-0.15, -0.1) is 22.7 Å². The highest BCUT2D eigenvalue weighted by atomic mass is 32.1. The minimum atomic E-state index is -3.11. The second-order valence-corrected chi connectivity index (χ2v) is 18.5. The fraction of sp³-hybridized carbons (Fsp3) is 0. The van der Waals surface area contributed by atoms with Crippen LogP contribution < -0.4 is 25.7 Å². The van der Waals surface area contributed by atoms with Gasteiger partial charge in [-0.25, -0.2) is 0 Å². The van der Waals surface area contributed by atoms with Gasteiger partial charge in [0.05, 0.1) is 9.75 Å². The van der Waals surface area contributed by atoms with Crippen LogP contribution in [0.15, 0.2) is 212 Å². The van der Waals surface area contributed by atoms with E-state index in [-0.39, 0.29) is 0 Å². The predicted molar refractivity (Wildman–Crippen MR) is 241 cm³/mol. The van der Waals surface area contributed by atoms with E-state index in [0.29, 0.717) is 0 Å². The molecule has 0 unspecified atom stereocenters. The topological polar surface area (TPSA) is 23.6 Å². The van der Waals surface area contributed by atoms with Crippen molar-refractivity contribution in [2.45, 2.75) is 0 Å². The lowest BCUT2D eigenvalue weighted by atomic mass is 10.1. The number of fused-ring (bicyclic) bond motifs is 3. The number of hydrogen-bond donors (Lipinski definition) is 0. The molecule has 0 radical (unpaired) electrons. The standard InChI is InChI=1S/C50H35N2OPS2/c53-54(44-24-14-5-15-25-44)45-34-47(36-26-30-42(31-27-36)51(38-16-6-1-7-17-38)39-18-8-2-9-19-39)55-49(45)50-46(54)35-48(56-50)37-28-32-43(33-29-37)52(40-20-10-3-11-21-40)41-22-12-4-13-23-41/h1-35H. The van der Waals surface area contributed by atoms with Crippen LogP contribution in [-0.4, -0.2) is 0 Å². The maximum atomic E-state index is 15.7. The Morgan fingerprint density at radius 2 is 0.625 bits per heavy atom. The second-order valence-electron chi connectivity index (χ2n) is 13.7. The zero-order valence-electron chi connectivity index (χ0n) is 30.3. The number of rotatable bonds is 9. The van der Waals surface area contributed by atoms with E-state index in [1.54, 1.807) is 22.7 Å². The molecule has 2 aromatic heterocycles. The molecule has 3 heterocycles. The van der Waals surface area contributed by atoms with Gasteiger partial charge < -0.3 is 14.4 Å². The van der Waals surface area contributed by atoms with Gasteiger partial charge in [0.1, 0.15) is 0 Å². The fourth-order valence-electron chi connectivity index (χ4n) is 7.64. The molecule has 6 heteroatoms. The van der Waals surface area contributed by atoms with Gasteiger partial charge in [-0.1, -0.05) is 127 Å². The van der Waals surface area contributed by atoms with Gasteiger partial charge in [0.25, 0.3) is 0 Å². The second kappa shape index (κ2) is 14.4. The first-order valence-electron chi connectivity index (χ1n) is 18.6. The van der Waals surface area contributed by atoms with Crippen molar-refractivity contribution in [2.24, 2.45) is 0 Å². The van der Waals surface area contributed by atoms with Crippen LogP contribution in [0, 0.1) is 0 Å². The van der Waals surface area contributed by atoms with Gasteiger partial charge in [0, 0.05) is 59.8 Å². The Morgan fingerprint density at radius 1 is 0.339 bits per heavy atom. The zero-order valence-corrected chi connectivity index (χ0v) is 32.8. The van der Waals surface area contributed by atoms with Crippen molar-refractivity contribution in [1.82, 2.24) is 0 Å². The quantitative estimate of drug-likeness (QED) is 0.136. The van der Waals surface area contributed by atoms with Gasteiger partial charge in [-0.2, -0.15) is 0 Å². The number of para-hydroxylation sites is 4. The lowest BCUT2D eigenvalue weighted by Gasteiger charge is -2.25. The average molecular weight is 775 g/mol. The van der Waals surface area contributed by atoms with Gasteiger partial charge in [0.15, 0.2) is 7.14 Å². The van der Waals surface area contributed by atoms with Crippen LogP contribution in [-0.2, 0) is 4.57 Å². The Morgan fingerprint density at radius 3 is 0.946 bits per heavy atom. The fourth-order valence-corrected chi connectivity index (χ4v) is 14.1. The summed E-state index contributed by atoms with van der Waals surface area (Å²) < 4.78 is 15.7. The van der Waals surface area contributed by atoms with Crippen LogP contribution >= 0.6 is 29.8 Å². The summed E-state index contributed by atoms with van der Waals surface area (Å²) in [6.07, 6.45) is 0. The van der Waals surface area contributed by atoms with Crippen LogP contribution in [0.25, 0.3) is 30.6 Å². The molecule has 0 bridgehead atoms. The monoisotopic (exact) mass is 774 g/mol. The van der Waals surface area contributed by atoms with E-state index in [4.69, 9.17) is 0 Å². The Kier molecular flexibility index (Phi) is 8.84. The van der Waals surface area contributed by atoms with E-state index >= 15 is 4.57 Å². The Balaban J connectivity index is 1.02. The summed E-state index contributed by atoms with van der Waals surface area (Å²) in [7, 11) is -3.11. The van der Waals surface area contributed by atoms with Crippen molar-refractivity contribution in [3.05, 3.63) is 212 Å². The summed E-state index contributed by atoms with van der Waals surface area (Å²) in [6, 6.07) is 73.8. The third-order valence-electron chi connectivity index (χ3n) is 10.3. The van der Waals surface area contributed by atoms with Crippen molar-refractivity contribution in [3.8, 4) is 30.6 Å². The molecule has 268 valence electrons. The molecule has 7 aromatic carbocycles. The van der Waals surface area contributed by atoms with Crippen molar-refractivity contribution < 1.29 is 4.57 Å². The Hall–Kier alpha value is -6.23. The molecule has 9 aromatic rings. The highest BCUT2D eigenvalue weighted by Crippen LogP contribution is 2.59. The van der Waals surface area contributed by atoms with Crippen LogP contribution in [0.5, 0.6) is 0 Å². The predicted octanol–water partition coefficient (Wildman–Crippen LogP) is 13.7. The minimum absolute atomic E-state index is 0.877. The minimum Gasteiger partial charge on any atom is -0.311 e. The molecule has 10 rings (SSSR count). The highest BCUT2D eigenvalue weighted by Gasteiger charge is 2.44.